The van der Waals surface area contributed by atoms with Crippen molar-refractivity contribution in [2.45, 2.75) is 38.8 Å². The van der Waals surface area contributed by atoms with Crippen molar-refractivity contribution >= 4 is 0 Å². The molecule has 2 atom stereocenters. The molecule has 1 aliphatic carbocycles. The van der Waals surface area contributed by atoms with Gasteiger partial charge in [-0.15, -0.1) is 0 Å². The fourth-order valence-corrected chi connectivity index (χ4v) is 2.19. The summed E-state index contributed by atoms with van der Waals surface area (Å²) >= 11 is 0. The molecule has 88 valence electrons. The smallest absolute Gasteiger partial charge is 0.0636 e. The van der Waals surface area contributed by atoms with Crippen molar-refractivity contribution < 1.29 is 5.11 Å². The van der Waals surface area contributed by atoms with Gasteiger partial charge < -0.3 is 10.4 Å². The lowest BCUT2D eigenvalue weighted by molar-refractivity contribution is 0.184. The Kier molecular flexibility index (Phi) is 3.62. The molecule has 2 nitrogen and oxygen atoms in total. The molecular weight excluding hydrogens is 198 g/mol. The first-order valence-corrected chi connectivity index (χ1v) is 6.15. The average molecular weight is 219 g/mol. The Labute approximate surface area is 97.7 Å². The summed E-state index contributed by atoms with van der Waals surface area (Å²) in [5.41, 5.74) is 2.74. The largest absolute Gasteiger partial charge is 0.392 e. The Bertz CT molecular complexity index is 344. The highest BCUT2D eigenvalue weighted by Gasteiger charge is 2.32. The van der Waals surface area contributed by atoms with Crippen molar-refractivity contribution in [1.82, 2.24) is 5.32 Å². The molecule has 0 aliphatic heterocycles. The third-order valence-electron chi connectivity index (χ3n) is 3.25. The minimum atomic E-state index is -0.273. The maximum Gasteiger partial charge on any atom is 0.0636 e. The minimum absolute atomic E-state index is 0.273. The van der Waals surface area contributed by atoms with Gasteiger partial charge >= 0.3 is 0 Å². The summed E-state index contributed by atoms with van der Waals surface area (Å²) in [4.78, 5) is 0. The first kappa shape index (κ1) is 11.6. The Morgan fingerprint density at radius 2 is 2.06 bits per heavy atom. The quantitative estimate of drug-likeness (QED) is 0.797. The first-order valence-electron chi connectivity index (χ1n) is 6.15. The Balaban J connectivity index is 2.10. The number of nitrogens with one attached hydrogen (secondary N) is 1. The molecule has 0 aromatic heterocycles. The summed E-state index contributed by atoms with van der Waals surface area (Å²) in [5.74, 6) is 0.764. The van der Waals surface area contributed by atoms with E-state index in [9.17, 15) is 5.11 Å². The van der Waals surface area contributed by atoms with Gasteiger partial charge in [-0.25, -0.2) is 0 Å². The van der Waals surface area contributed by atoms with Crippen LogP contribution in [0.25, 0.3) is 0 Å². The molecule has 0 heterocycles. The standard InChI is InChI=1S/C14H21NO/c1-10-5-3-4-6-13(10)14(12-7-8-12)15-9-11(2)16/h3-6,11-12,14-16H,7-9H2,1-2H3/t11-,14?/m1/s1. The van der Waals surface area contributed by atoms with Crippen molar-refractivity contribution in [3.05, 3.63) is 35.4 Å². The summed E-state index contributed by atoms with van der Waals surface area (Å²) < 4.78 is 0. The molecule has 16 heavy (non-hydrogen) atoms. The van der Waals surface area contributed by atoms with Crippen molar-refractivity contribution in [1.29, 1.82) is 0 Å². The van der Waals surface area contributed by atoms with E-state index in [0.717, 1.165) is 5.92 Å². The van der Waals surface area contributed by atoms with Crippen LogP contribution in [-0.4, -0.2) is 17.8 Å². The minimum Gasteiger partial charge on any atom is -0.392 e. The molecule has 1 aromatic carbocycles. The number of benzene rings is 1. The third-order valence-corrected chi connectivity index (χ3v) is 3.25. The molecule has 0 radical (unpaired) electrons. The molecular formula is C14H21NO. The van der Waals surface area contributed by atoms with Gasteiger partial charge in [0.1, 0.15) is 0 Å². The third kappa shape index (κ3) is 2.83. The van der Waals surface area contributed by atoms with Crippen LogP contribution in [0, 0.1) is 12.8 Å². The van der Waals surface area contributed by atoms with Crippen LogP contribution >= 0.6 is 0 Å². The molecule has 1 aliphatic rings. The molecule has 1 saturated carbocycles. The van der Waals surface area contributed by atoms with Gasteiger partial charge in [-0.1, -0.05) is 24.3 Å². The Morgan fingerprint density at radius 3 is 2.62 bits per heavy atom. The maximum atomic E-state index is 9.36. The highest BCUT2D eigenvalue weighted by molar-refractivity contribution is 5.30. The normalized spacial score (nSPS) is 19.4. The average Bonchev–Trinajstić information content (AvgIpc) is 3.04. The number of hydrogen-bond donors (Lipinski definition) is 2. The van der Waals surface area contributed by atoms with E-state index >= 15 is 0 Å². The van der Waals surface area contributed by atoms with E-state index in [1.54, 1.807) is 0 Å². The number of hydrogen-bond acceptors (Lipinski definition) is 2. The summed E-state index contributed by atoms with van der Waals surface area (Å²) in [6.45, 7) is 4.67. The molecule has 2 N–H and O–H groups in total. The van der Waals surface area contributed by atoms with Gasteiger partial charge in [0.25, 0.3) is 0 Å². The van der Waals surface area contributed by atoms with E-state index in [-0.39, 0.29) is 6.10 Å². The van der Waals surface area contributed by atoms with Crippen molar-refractivity contribution in [2.75, 3.05) is 6.54 Å². The summed E-state index contributed by atoms with van der Waals surface area (Å²) in [6.07, 6.45) is 2.35. The number of aliphatic hydroxyl groups excluding tert-OH is 1. The predicted molar refractivity (Wildman–Crippen MR) is 66.3 cm³/mol. The second-order valence-corrected chi connectivity index (χ2v) is 4.93. The second-order valence-electron chi connectivity index (χ2n) is 4.93. The van der Waals surface area contributed by atoms with Crippen LogP contribution in [0.2, 0.25) is 0 Å². The lowest BCUT2D eigenvalue weighted by atomic mass is 9.97. The van der Waals surface area contributed by atoms with Gasteiger partial charge in [-0.2, -0.15) is 0 Å². The molecule has 1 fully saturated rings. The lowest BCUT2D eigenvalue weighted by Gasteiger charge is -2.21. The summed E-state index contributed by atoms with van der Waals surface area (Å²) in [7, 11) is 0. The molecule has 2 heteroatoms. The van der Waals surface area contributed by atoms with E-state index in [4.69, 9.17) is 0 Å². The van der Waals surface area contributed by atoms with Crippen molar-refractivity contribution in [3.63, 3.8) is 0 Å². The fraction of sp³-hybridized carbons (Fsp3) is 0.571. The fourth-order valence-electron chi connectivity index (χ4n) is 2.19. The van der Waals surface area contributed by atoms with Crippen LogP contribution in [0.15, 0.2) is 24.3 Å². The van der Waals surface area contributed by atoms with Crippen LogP contribution < -0.4 is 5.32 Å². The molecule has 1 aromatic rings. The molecule has 2 rings (SSSR count). The predicted octanol–water partition coefficient (Wildman–Crippen LogP) is 2.42. The number of rotatable bonds is 5. The van der Waals surface area contributed by atoms with Crippen LogP contribution in [-0.2, 0) is 0 Å². The monoisotopic (exact) mass is 219 g/mol. The van der Waals surface area contributed by atoms with Gasteiger partial charge in [-0.05, 0) is 43.7 Å². The highest BCUT2D eigenvalue weighted by Crippen LogP contribution is 2.41. The maximum absolute atomic E-state index is 9.36. The molecule has 0 spiro atoms. The summed E-state index contributed by atoms with van der Waals surface area (Å²) in [6, 6.07) is 8.97. The zero-order chi connectivity index (χ0) is 11.5. The van der Waals surface area contributed by atoms with Crippen LogP contribution in [0.3, 0.4) is 0 Å². The molecule has 0 amide bonds. The van der Waals surface area contributed by atoms with Gasteiger partial charge in [0, 0.05) is 12.6 Å². The van der Waals surface area contributed by atoms with Crippen LogP contribution in [0.1, 0.15) is 36.9 Å². The van der Waals surface area contributed by atoms with Gasteiger partial charge in [0.2, 0.25) is 0 Å². The van der Waals surface area contributed by atoms with Gasteiger partial charge in [0.15, 0.2) is 0 Å². The topological polar surface area (TPSA) is 32.3 Å². The van der Waals surface area contributed by atoms with E-state index in [1.165, 1.54) is 24.0 Å². The van der Waals surface area contributed by atoms with Gasteiger partial charge in [-0.3, -0.25) is 0 Å². The Hall–Kier alpha value is -0.860. The lowest BCUT2D eigenvalue weighted by Crippen LogP contribution is -2.30. The SMILES string of the molecule is Cc1ccccc1C(NC[C@@H](C)O)C1CC1. The highest BCUT2D eigenvalue weighted by atomic mass is 16.3. The Morgan fingerprint density at radius 1 is 1.38 bits per heavy atom. The second kappa shape index (κ2) is 4.98. The van der Waals surface area contributed by atoms with Crippen LogP contribution in [0.4, 0.5) is 0 Å². The zero-order valence-corrected chi connectivity index (χ0v) is 10.1. The van der Waals surface area contributed by atoms with E-state index < -0.39 is 0 Å². The van der Waals surface area contributed by atoms with Crippen molar-refractivity contribution in [3.8, 4) is 0 Å². The van der Waals surface area contributed by atoms with E-state index in [2.05, 4.69) is 36.5 Å². The van der Waals surface area contributed by atoms with Gasteiger partial charge in [0.05, 0.1) is 6.10 Å². The van der Waals surface area contributed by atoms with E-state index in [0.29, 0.717) is 12.6 Å². The van der Waals surface area contributed by atoms with E-state index in [1.807, 2.05) is 6.92 Å². The zero-order valence-electron chi connectivity index (χ0n) is 10.1. The summed E-state index contributed by atoms with van der Waals surface area (Å²) in [5, 5.41) is 12.8. The number of aliphatic hydroxyl groups is 1. The van der Waals surface area contributed by atoms with Crippen molar-refractivity contribution in [2.24, 2.45) is 5.92 Å². The first-order chi connectivity index (χ1) is 7.68. The van der Waals surface area contributed by atoms with Crippen LogP contribution in [0.5, 0.6) is 0 Å². The molecule has 0 bridgehead atoms. The number of aryl methyl sites for hydroxylation is 1. The molecule has 0 saturated heterocycles. The molecule has 1 unspecified atom stereocenters.